The number of furan rings is 1. The van der Waals surface area contributed by atoms with Crippen LogP contribution >= 0.6 is 12.6 Å². The van der Waals surface area contributed by atoms with Gasteiger partial charge in [0.25, 0.3) is 0 Å². The molecule has 0 saturated heterocycles. The van der Waals surface area contributed by atoms with Crippen molar-refractivity contribution in [3.63, 3.8) is 0 Å². The molecule has 0 spiro atoms. The van der Waals surface area contributed by atoms with Crippen molar-refractivity contribution < 1.29 is 4.42 Å². The van der Waals surface area contributed by atoms with Gasteiger partial charge in [0.15, 0.2) is 0 Å². The van der Waals surface area contributed by atoms with Gasteiger partial charge in [-0.25, -0.2) is 0 Å². The zero-order chi connectivity index (χ0) is 9.84. The van der Waals surface area contributed by atoms with E-state index in [1.807, 2.05) is 45.0 Å². The van der Waals surface area contributed by atoms with Gasteiger partial charge in [-0.05, 0) is 19.1 Å². The Hall–Kier alpha value is -0.890. The summed E-state index contributed by atoms with van der Waals surface area (Å²) in [4.78, 5) is 0.945. The fourth-order valence-corrected chi connectivity index (χ4v) is 1.38. The average molecular weight is 194 g/mol. The van der Waals surface area contributed by atoms with Gasteiger partial charge < -0.3 is 4.42 Å². The number of aryl methyl sites for hydroxylation is 1. The number of para-hydroxylation sites is 1. The van der Waals surface area contributed by atoms with Gasteiger partial charge in [-0.2, -0.15) is 0 Å². The lowest BCUT2D eigenvalue weighted by Crippen LogP contribution is -1.63. The van der Waals surface area contributed by atoms with E-state index in [9.17, 15) is 0 Å². The molecule has 0 fully saturated rings. The summed E-state index contributed by atoms with van der Waals surface area (Å²) in [5.41, 5.74) is 0.912. The Morgan fingerprint density at radius 3 is 2.38 bits per heavy atom. The predicted molar refractivity (Wildman–Crippen MR) is 59.6 cm³/mol. The molecule has 1 aromatic heterocycles. The van der Waals surface area contributed by atoms with E-state index in [2.05, 4.69) is 12.6 Å². The summed E-state index contributed by atoms with van der Waals surface area (Å²) in [6.07, 6.45) is 0. The molecule has 0 atom stereocenters. The molecule has 13 heavy (non-hydrogen) atoms. The first kappa shape index (κ1) is 10.2. The minimum absolute atomic E-state index is 0.884. The van der Waals surface area contributed by atoms with Crippen LogP contribution in [0.3, 0.4) is 0 Å². The Kier molecular flexibility index (Phi) is 3.43. The highest BCUT2D eigenvalue weighted by Crippen LogP contribution is 2.27. The first-order valence-electron chi connectivity index (χ1n) is 4.46. The van der Waals surface area contributed by atoms with Crippen LogP contribution in [0.25, 0.3) is 11.0 Å². The van der Waals surface area contributed by atoms with E-state index in [1.165, 1.54) is 0 Å². The standard InChI is InChI=1S/C9H8OS.C2H6/c1-6-9(11)7-4-2-3-5-8(7)10-6;1-2/h2-5,11H,1H3;1-2H3. The molecule has 1 nitrogen and oxygen atoms in total. The molecule has 0 amide bonds. The van der Waals surface area contributed by atoms with E-state index in [-0.39, 0.29) is 0 Å². The molecule has 2 aromatic rings. The van der Waals surface area contributed by atoms with Crippen LogP contribution in [0.2, 0.25) is 0 Å². The molecule has 2 heteroatoms. The number of benzene rings is 1. The molecule has 0 aliphatic heterocycles. The van der Waals surface area contributed by atoms with Crippen LogP contribution in [0, 0.1) is 6.92 Å². The van der Waals surface area contributed by atoms with Crippen LogP contribution < -0.4 is 0 Å². The van der Waals surface area contributed by atoms with Crippen molar-refractivity contribution in [2.24, 2.45) is 0 Å². The molecule has 0 aliphatic rings. The van der Waals surface area contributed by atoms with Gasteiger partial charge in [0.1, 0.15) is 11.3 Å². The maximum absolute atomic E-state index is 5.42. The summed E-state index contributed by atoms with van der Waals surface area (Å²) in [7, 11) is 0. The first-order chi connectivity index (χ1) is 6.29. The second-order valence-electron chi connectivity index (χ2n) is 2.50. The molecular weight excluding hydrogens is 180 g/mol. The van der Waals surface area contributed by atoms with Gasteiger partial charge in [0, 0.05) is 5.39 Å². The molecule has 0 bridgehead atoms. The second kappa shape index (κ2) is 4.38. The Labute approximate surface area is 84.2 Å². The highest BCUT2D eigenvalue weighted by Gasteiger charge is 2.04. The maximum atomic E-state index is 5.42. The lowest BCUT2D eigenvalue weighted by Gasteiger charge is -1.84. The lowest BCUT2D eigenvalue weighted by molar-refractivity contribution is 0.568. The summed E-state index contributed by atoms with van der Waals surface area (Å²) in [5.74, 6) is 0.884. The lowest BCUT2D eigenvalue weighted by atomic mass is 10.2. The molecule has 1 heterocycles. The number of thiol groups is 1. The largest absolute Gasteiger partial charge is 0.460 e. The minimum Gasteiger partial charge on any atom is -0.460 e. The van der Waals surface area contributed by atoms with Gasteiger partial charge in [-0.1, -0.05) is 26.0 Å². The van der Waals surface area contributed by atoms with Crippen molar-refractivity contribution in [1.82, 2.24) is 0 Å². The Morgan fingerprint density at radius 1 is 1.15 bits per heavy atom. The van der Waals surface area contributed by atoms with Crippen molar-refractivity contribution in [3.8, 4) is 0 Å². The summed E-state index contributed by atoms with van der Waals surface area (Å²) < 4.78 is 5.42. The van der Waals surface area contributed by atoms with Gasteiger partial charge in [-0.3, -0.25) is 0 Å². The van der Waals surface area contributed by atoms with E-state index >= 15 is 0 Å². The van der Waals surface area contributed by atoms with Crippen LogP contribution in [-0.4, -0.2) is 0 Å². The third kappa shape index (κ3) is 1.89. The molecule has 70 valence electrons. The van der Waals surface area contributed by atoms with Crippen LogP contribution in [0.1, 0.15) is 19.6 Å². The van der Waals surface area contributed by atoms with Crippen molar-refractivity contribution in [3.05, 3.63) is 30.0 Å². The van der Waals surface area contributed by atoms with E-state index in [4.69, 9.17) is 4.42 Å². The number of fused-ring (bicyclic) bond motifs is 1. The zero-order valence-electron chi connectivity index (χ0n) is 8.16. The molecule has 2 rings (SSSR count). The second-order valence-corrected chi connectivity index (χ2v) is 2.95. The number of hydrogen-bond donors (Lipinski definition) is 1. The van der Waals surface area contributed by atoms with Gasteiger partial charge in [-0.15, -0.1) is 12.6 Å². The monoisotopic (exact) mass is 194 g/mol. The summed E-state index contributed by atoms with van der Waals surface area (Å²) >= 11 is 4.32. The van der Waals surface area contributed by atoms with Gasteiger partial charge in [0.05, 0.1) is 4.90 Å². The molecular formula is C11H14OS. The topological polar surface area (TPSA) is 13.1 Å². The van der Waals surface area contributed by atoms with Crippen LogP contribution in [-0.2, 0) is 0 Å². The summed E-state index contributed by atoms with van der Waals surface area (Å²) in [6.45, 7) is 5.92. The maximum Gasteiger partial charge on any atom is 0.135 e. The summed E-state index contributed by atoms with van der Waals surface area (Å²) in [6, 6.07) is 7.89. The van der Waals surface area contributed by atoms with Gasteiger partial charge in [0.2, 0.25) is 0 Å². The van der Waals surface area contributed by atoms with E-state index in [0.29, 0.717) is 0 Å². The highest BCUT2D eigenvalue weighted by molar-refractivity contribution is 7.80. The third-order valence-electron chi connectivity index (χ3n) is 1.74. The Bertz CT molecular complexity index is 390. The quantitative estimate of drug-likeness (QED) is 0.624. The molecule has 0 saturated carbocycles. The van der Waals surface area contributed by atoms with E-state index < -0.39 is 0 Å². The smallest absolute Gasteiger partial charge is 0.135 e. The van der Waals surface area contributed by atoms with Gasteiger partial charge >= 0.3 is 0 Å². The van der Waals surface area contributed by atoms with Crippen molar-refractivity contribution >= 4 is 23.6 Å². The molecule has 1 aromatic carbocycles. The number of hydrogen-bond acceptors (Lipinski definition) is 2. The zero-order valence-corrected chi connectivity index (χ0v) is 9.06. The van der Waals surface area contributed by atoms with Crippen LogP contribution in [0.5, 0.6) is 0 Å². The van der Waals surface area contributed by atoms with Crippen LogP contribution in [0.15, 0.2) is 33.6 Å². The minimum atomic E-state index is 0.884. The molecule has 0 N–H and O–H groups in total. The van der Waals surface area contributed by atoms with Crippen molar-refractivity contribution in [2.75, 3.05) is 0 Å². The van der Waals surface area contributed by atoms with E-state index in [1.54, 1.807) is 0 Å². The third-order valence-corrected chi connectivity index (χ3v) is 2.29. The molecule has 0 aliphatic carbocycles. The van der Waals surface area contributed by atoms with Crippen molar-refractivity contribution in [2.45, 2.75) is 25.7 Å². The average Bonchev–Trinajstić information content (AvgIpc) is 2.47. The summed E-state index contributed by atoms with van der Waals surface area (Å²) in [5, 5.41) is 1.09. The van der Waals surface area contributed by atoms with E-state index in [0.717, 1.165) is 21.6 Å². The first-order valence-corrected chi connectivity index (χ1v) is 4.91. The number of rotatable bonds is 0. The Morgan fingerprint density at radius 2 is 1.77 bits per heavy atom. The predicted octanol–water partition coefficient (Wildman–Crippen LogP) is 4.06. The Balaban J connectivity index is 0.000000396. The normalized spacial score (nSPS) is 9.54. The van der Waals surface area contributed by atoms with Crippen molar-refractivity contribution in [1.29, 1.82) is 0 Å². The molecule has 0 unspecified atom stereocenters. The fourth-order valence-electron chi connectivity index (χ4n) is 1.15. The van der Waals surface area contributed by atoms with Crippen LogP contribution in [0.4, 0.5) is 0 Å². The molecule has 0 radical (unpaired) electrons. The highest BCUT2D eigenvalue weighted by atomic mass is 32.1. The SMILES string of the molecule is CC.Cc1oc2ccccc2c1S. The fraction of sp³-hybridized carbons (Fsp3) is 0.273.